The molecule has 0 unspecified atom stereocenters. The van der Waals surface area contributed by atoms with E-state index in [0.29, 0.717) is 24.7 Å². The van der Waals surface area contributed by atoms with E-state index >= 15 is 0 Å². The van der Waals surface area contributed by atoms with Crippen molar-refractivity contribution in [1.82, 2.24) is 9.80 Å². The summed E-state index contributed by atoms with van der Waals surface area (Å²) in [5.74, 6) is -0.972. The number of aliphatic hydroxyl groups excluding tert-OH is 1. The molecule has 1 aliphatic carbocycles. The predicted molar refractivity (Wildman–Crippen MR) is 86.5 cm³/mol. The molecule has 1 heterocycles. The Kier molecular flexibility index (Phi) is 5.14. The number of carbonyl (C=O) groups is 2. The van der Waals surface area contributed by atoms with Crippen LogP contribution in [0.3, 0.4) is 0 Å². The van der Waals surface area contributed by atoms with Crippen molar-refractivity contribution in [3.8, 4) is 0 Å². The van der Waals surface area contributed by atoms with Crippen molar-refractivity contribution in [2.24, 2.45) is 0 Å². The number of hydrogen-bond acceptors (Lipinski definition) is 3. The summed E-state index contributed by atoms with van der Waals surface area (Å²) in [5.41, 5.74) is 0.337. The highest BCUT2D eigenvalue weighted by atomic mass is 19.1. The Morgan fingerprint density at radius 1 is 1.12 bits per heavy atom. The van der Waals surface area contributed by atoms with Crippen LogP contribution in [0.2, 0.25) is 0 Å². The standard InChI is InChI=1S/C18H23FN2O3/c19-14-8-6-13(7-9-14)17(23)18(24)20-10-11-21(16(22)12-20)15-4-2-1-3-5-15/h6-9,15,17,23H,1-5,10-12H2/t17-/m1/s1. The molecule has 0 aromatic heterocycles. The van der Waals surface area contributed by atoms with Gasteiger partial charge in [0.2, 0.25) is 5.91 Å². The zero-order valence-electron chi connectivity index (χ0n) is 13.7. The summed E-state index contributed by atoms with van der Waals surface area (Å²) >= 11 is 0. The normalized spacial score (nSPS) is 21.0. The van der Waals surface area contributed by atoms with E-state index in [-0.39, 0.29) is 12.5 Å². The van der Waals surface area contributed by atoms with Gasteiger partial charge in [-0.25, -0.2) is 4.39 Å². The van der Waals surface area contributed by atoms with Gasteiger partial charge in [0.25, 0.3) is 5.91 Å². The Labute approximate surface area is 141 Å². The van der Waals surface area contributed by atoms with Gasteiger partial charge in [-0.15, -0.1) is 0 Å². The summed E-state index contributed by atoms with van der Waals surface area (Å²) < 4.78 is 12.9. The van der Waals surface area contributed by atoms with E-state index in [1.807, 2.05) is 4.90 Å². The molecular weight excluding hydrogens is 311 g/mol. The number of piperazine rings is 1. The molecule has 0 bridgehead atoms. The van der Waals surface area contributed by atoms with Gasteiger partial charge in [0.1, 0.15) is 5.82 Å². The minimum Gasteiger partial charge on any atom is -0.378 e. The lowest BCUT2D eigenvalue weighted by Gasteiger charge is -2.41. The fraction of sp³-hybridized carbons (Fsp3) is 0.556. The third-order valence-corrected chi connectivity index (χ3v) is 5.00. The zero-order valence-corrected chi connectivity index (χ0v) is 13.7. The summed E-state index contributed by atoms with van der Waals surface area (Å²) in [6.07, 6.45) is 4.25. The van der Waals surface area contributed by atoms with E-state index in [2.05, 4.69) is 0 Å². The van der Waals surface area contributed by atoms with Gasteiger partial charge < -0.3 is 14.9 Å². The van der Waals surface area contributed by atoms with Crippen LogP contribution in [0.25, 0.3) is 0 Å². The Morgan fingerprint density at radius 2 is 1.79 bits per heavy atom. The van der Waals surface area contributed by atoms with Crippen molar-refractivity contribution in [2.45, 2.75) is 44.2 Å². The summed E-state index contributed by atoms with van der Waals surface area (Å²) in [7, 11) is 0. The molecule has 3 rings (SSSR count). The van der Waals surface area contributed by atoms with Crippen molar-refractivity contribution in [3.63, 3.8) is 0 Å². The van der Waals surface area contributed by atoms with Crippen LogP contribution >= 0.6 is 0 Å². The quantitative estimate of drug-likeness (QED) is 0.918. The van der Waals surface area contributed by atoms with Gasteiger partial charge >= 0.3 is 0 Å². The van der Waals surface area contributed by atoms with Crippen LogP contribution in [-0.4, -0.2) is 52.4 Å². The zero-order chi connectivity index (χ0) is 17.1. The number of amides is 2. The second-order valence-electron chi connectivity index (χ2n) is 6.59. The van der Waals surface area contributed by atoms with Gasteiger partial charge in [-0.05, 0) is 30.5 Å². The lowest BCUT2D eigenvalue weighted by Crippen LogP contribution is -2.56. The summed E-state index contributed by atoms with van der Waals surface area (Å²) in [6.45, 7) is 0.957. The van der Waals surface area contributed by atoms with Gasteiger partial charge in [-0.1, -0.05) is 31.4 Å². The third kappa shape index (κ3) is 3.59. The maximum atomic E-state index is 12.9. The minimum atomic E-state index is -1.36. The first kappa shape index (κ1) is 16.9. The van der Waals surface area contributed by atoms with Crippen molar-refractivity contribution < 1.29 is 19.1 Å². The van der Waals surface area contributed by atoms with Crippen LogP contribution in [0.1, 0.15) is 43.8 Å². The van der Waals surface area contributed by atoms with Gasteiger partial charge in [0.05, 0.1) is 6.54 Å². The first-order chi connectivity index (χ1) is 11.6. The summed E-state index contributed by atoms with van der Waals surface area (Å²) in [5, 5.41) is 10.2. The molecular formula is C18H23FN2O3. The van der Waals surface area contributed by atoms with E-state index in [9.17, 15) is 19.1 Å². The molecule has 2 aliphatic rings. The van der Waals surface area contributed by atoms with Gasteiger partial charge in [0.15, 0.2) is 6.10 Å². The lowest BCUT2D eigenvalue weighted by molar-refractivity contribution is -0.152. The fourth-order valence-electron chi connectivity index (χ4n) is 3.61. The molecule has 1 saturated heterocycles. The third-order valence-electron chi connectivity index (χ3n) is 5.00. The van der Waals surface area contributed by atoms with Gasteiger partial charge in [-0.2, -0.15) is 0 Å². The maximum absolute atomic E-state index is 12.9. The van der Waals surface area contributed by atoms with Crippen LogP contribution in [-0.2, 0) is 9.59 Å². The molecule has 24 heavy (non-hydrogen) atoms. The van der Waals surface area contributed by atoms with Crippen molar-refractivity contribution in [1.29, 1.82) is 0 Å². The van der Waals surface area contributed by atoms with Crippen molar-refractivity contribution in [2.75, 3.05) is 19.6 Å². The van der Waals surface area contributed by atoms with E-state index in [1.54, 1.807) is 0 Å². The molecule has 1 aromatic rings. The molecule has 6 heteroatoms. The van der Waals surface area contributed by atoms with E-state index in [0.717, 1.165) is 25.7 Å². The highest BCUT2D eigenvalue weighted by Crippen LogP contribution is 2.25. The number of carbonyl (C=O) groups excluding carboxylic acids is 2. The van der Waals surface area contributed by atoms with Crippen LogP contribution in [0, 0.1) is 5.82 Å². The monoisotopic (exact) mass is 334 g/mol. The Morgan fingerprint density at radius 3 is 2.42 bits per heavy atom. The van der Waals surface area contributed by atoms with E-state index in [4.69, 9.17) is 0 Å². The molecule has 1 atom stereocenters. The van der Waals surface area contributed by atoms with Gasteiger partial charge in [-0.3, -0.25) is 9.59 Å². The number of hydrogen-bond donors (Lipinski definition) is 1. The van der Waals surface area contributed by atoms with E-state index < -0.39 is 17.8 Å². The molecule has 1 N–H and O–H groups in total. The topological polar surface area (TPSA) is 60.9 Å². The minimum absolute atomic E-state index is 0.00753. The molecule has 0 radical (unpaired) electrons. The SMILES string of the molecule is O=C([C@H](O)c1ccc(F)cc1)N1CCN(C2CCCCC2)C(=O)C1. The van der Waals surface area contributed by atoms with Crippen molar-refractivity contribution >= 4 is 11.8 Å². The first-order valence-electron chi connectivity index (χ1n) is 8.58. The molecule has 2 fully saturated rings. The molecule has 130 valence electrons. The first-order valence-corrected chi connectivity index (χ1v) is 8.58. The molecule has 1 aliphatic heterocycles. The summed E-state index contributed by atoms with van der Waals surface area (Å²) in [6, 6.07) is 5.48. The second-order valence-corrected chi connectivity index (χ2v) is 6.59. The number of aliphatic hydroxyl groups is 1. The smallest absolute Gasteiger partial charge is 0.256 e. The highest BCUT2D eigenvalue weighted by molar-refractivity contribution is 5.88. The number of rotatable bonds is 3. The van der Waals surface area contributed by atoms with Gasteiger partial charge in [0, 0.05) is 19.1 Å². The van der Waals surface area contributed by atoms with Crippen LogP contribution in [0.5, 0.6) is 0 Å². The fourth-order valence-corrected chi connectivity index (χ4v) is 3.61. The largest absolute Gasteiger partial charge is 0.378 e. The maximum Gasteiger partial charge on any atom is 0.256 e. The number of benzene rings is 1. The second kappa shape index (κ2) is 7.30. The number of halogens is 1. The lowest BCUT2D eigenvalue weighted by atomic mass is 9.93. The average molecular weight is 334 g/mol. The molecule has 1 saturated carbocycles. The molecule has 2 amide bonds. The van der Waals surface area contributed by atoms with E-state index in [1.165, 1.54) is 35.6 Å². The van der Waals surface area contributed by atoms with Crippen LogP contribution in [0.15, 0.2) is 24.3 Å². The number of nitrogens with zero attached hydrogens (tertiary/aromatic N) is 2. The van der Waals surface area contributed by atoms with Crippen LogP contribution in [0.4, 0.5) is 4.39 Å². The summed E-state index contributed by atoms with van der Waals surface area (Å²) in [4.78, 5) is 28.1. The predicted octanol–water partition coefficient (Wildman–Crippen LogP) is 1.86. The van der Waals surface area contributed by atoms with Crippen LogP contribution < -0.4 is 0 Å². The average Bonchev–Trinajstić information content (AvgIpc) is 2.62. The Bertz CT molecular complexity index is 599. The molecule has 0 spiro atoms. The van der Waals surface area contributed by atoms with Crippen molar-refractivity contribution in [3.05, 3.63) is 35.6 Å². The highest BCUT2D eigenvalue weighted by Gasteiger charge is 2.34. The molecule has 1 aromatic carbocycles. The Hall–Kier alpha value is -1.95. The Balaban J connectivity index is 1.61. The molecule has 5 nitrogen and oxygen atoms in total.